The number of nitrogens with two attached hydrogens (primary N) is 2. The van der Waals surface area contributed by atoms with Gasteiger partial charge in [-0.3, -0.25) is 28.5 Å². The van der Waals surface area contributed by atoms with Crippen LogP contribution in [0.25, 0.3) is 0 Å². The number of aliphatic hydroxyl groups excluding tert-OH is 1. The summed E-state index contributed by atoms with van der Waals surface area (Å²) in [6.45, 7) is 11.1. The summed E-state index contributed by atoms with van der Waals surface area (Å²) in [7, 11) is 3.56. The lowest BCUT2D eigenvalue weighted by Crippen LogP contribution is -2.40. The number of anilines is 4. The number of ether oxygens (including phenoxy) is 1. The van der Waals surface area contributed by atoms with E-state index >= 15 is 0 Å². The number of primary amides is 2. The van der Waals surface area contributed by atoms with Crippen LogP contribution < -0.4 is 35.8 Å². The Morgan fingerprint density at radius 2 is 1.45 bits per heavy atom. The molecule has 5 heterocycles. The zero-order valence-electron chi connectivity index (χ0n) is 36.4. The molecular weight excluding hydrogens is 793 g/mol. The predicted molar refractivity (Wildman–Crippen MR) is 238 cm³/mol. The van der Waals surface area contributed by atoms with E-state index in [0.717, 1.165) is 47.4 Å². The first-order valence-electron chi connectivity index (χ1n) is 20.8. The SMILES string of the molecule is CCn1nc(C)c2c1C(=O)N=C1N(C)c3cc(C(N)=O)cc(OCCCO)c3N1C/C(C)=C(\C)CN1C(=NC(=O)c3cc(C)nn3CCCCC2)N(C)c2cc(C(N)=O)ccc21. The van der Waals surface area contributed by atoms with E-state index in [1.165, 1.54) is 0 Å². The number of nitrogens with zero attached hydrogens (tertiary/aromatic N) is 10. The number of benzene rings is 2. The van der Waals surface area contributed by atoms with Gasteiger partial charge in [0.1, 0.15) is 22.8 Å². The third-order valence-corrected chi connectivity index (χ3v) is 11.6. The van der Waals surface area contributed by atoms with Gasteiger partial charge in [0.25, 0.3) is 11.8 Å². The van der Waals surface area contributed by atoms with Crippen molar-refractivity contribution in [2.45, 2.75) is 79.8 Å². The van der Waals surface area contributed by atoms with Crippen LogP contribution in [0.2, 0.25) is 0 Å². The molecule has 2 aromatic heterocycles. The molecule has 4 aromatic rings. The van der Waals surface area contributed by atoms with Gasteiger partial charge in [0.2, 0.25) is 23.7 Å². The van der Waals surface area contributed by atoms with Gasteiger partial charge in [-0.2, -0.15) is 20.2 Å². The zero-order valence-corrected chi connectivity index (χ0v) is 36.4. The van der Waals surface area contributed by atoms with Crippen LogP contribution in [0.1, 0.15) is 105 Å². The highest BCUT2D eigenvalue weighted by molar-refractivity contribution is 6.22. The number of guanidine groups is 2. The first kappa shape index (κ1) is 43.3. The zero-order chi connectivity index (χ0) is 44.6. The van der Waals surface area contributed by atoms with Crippen molar-refractivity contribution in [3.63, 3.8) is 0 Å². The van der Waals surface area contributed by atoms with Gasteiger partial charge in [-0.15, -0.1) is 0 Å². The van der Waals surface area contributed by atoms with Crippen LogP contribution in [0.5, 0.6) is 5.75 Å². The second kappa shape index (κ2) is 17.6. The molecule has 3 aliphatic rings. The fraction of sp³-hybridized carbons (Fsp3) is 0.409. The van der Waals surface area contributed by atoms with Gasteiger partial charge >= 0.3 is 0 Å². The predicted octanol–water partition coefficient (Wildman–Crippen LogP) is 4.34. The summed E-state index contributed by atoms with van der Waals surface area (Å²) >= 11 is 0. The Morgan fingerprint density at radius 3 is 2.15 bits per heavy atom. The van der Waals surface area contributed by atoms with E-state index in [4.69, 9.17) is 31.3 Å². The van der Waals surface area contributed by atoms with Gasteiger partial charge < -0.3 is 40.9 Å². The summed E-state index contributed by atoms with van der Waals surface area (Å²) < 4.78 is 9.63. The summed E-state index contributed by atoms with van der Waals surface area (Å²) in [5.41, 5.74) is 19.3. The van der Waals surface area contributed by atoms with E-state index in [-0.39, 0.29) is 31.9 Å². The van der Waals surface area contributed by atoms with E-state index in [0.29, 0.717) is 83.3 Å². The molecule has 4 amide bonds. The van der Waals surface area contributed by atoms with Crippen molar-refractivity contribution in [2.24, 2.45) is 21.5 Å². The minimum atomic E-state index is -0.658. The van der Waals surface area contributed by atoms with Gasteiger partial charge in [0.05, 0.1) is 35.1 Å². The van der Waals surface area contributed by atoms with Crippen molar-refractivity contribution in [3.8, 4) is 5.75 Å². The third kappa shape index (κ3) is 8.16. The molecule has 326 valence electrons. The van der Waals surface area contributed by atoms with E-state index in [1.807, 2.05) is 44.4 Å². The first-order chi connectivity index (χ1) is 29.6. The summed E-state index contributed by atoms with van der Waals surface area (Å²) in [5.74, 6) is -1.18. The van der Waals surface area contributed by atoms with Gasteiger partial charge in [-0.25, -0.2) is 0 Å². The van der Waals surface area contributed by atoms with Crippen LogP contribution in [0.15, 0.2) is 57.5 Å². The summed E-state index contributed by atoms with van der Waals surface area (Å²) in [4.78, 5) is 70.6. The number of aliphatic hydroxyl groups is 1. The van der Waals surface area contributed by atoms with Crippen LogP contribution in [0.3, 0.4) is 0 Å². The molecule has 3 aliphatic heterocycles. The maximum atomic E-state index is 14.6. The van der Waals surface area contributed by atoms with Crippen molar-refractivity contribution in [1.82, 2.24) is 19.6 Å². The van der Waals surface area contributed by atoms with Crippen molar-refractivity contribution in [1.29, 1.82) is 0 Å². The number of amides is 4. The fourth-order valence-electron chi connectivity index (χ4n) is 8.20. The van der Waals surface area contributed by atoms with Gasteiger partial charge in [-0.05, 0) is 90.3 Å². The maximum Gasteiger partial charge on any atom is 0.298 e. The van der Waals surface area contributed by atoms with Crippen molar-refractivity contribution in [3.05, 3.63) is 87.0 Å². The van der Waals surface area contributed by atoms with Gasteiger partial charge in [-0.1, -0.05) is 17.6 Å². The molecule has 18 heteroatoms. The first-order valence-corrected chi connectivity index (χ1v) is 20.8. The normalized spacial score (nSPS) is 17.4. The minimum Gasteiger partial charge on any atom is -0.491 e. The molecule has 0 atom stereocenters. The number of carbonyl (C=O) groups excluding carboxylic acids is 4. The number of rotatable bonds is 7. The molecule has 0 saturated carbocycles. The van der Waals surface area contributed by atoms with Crippen molar-refractivity contribution >= 4 is 58.3 Å². The molecule has 0 radical (unpaired) electrons. The van der Waals surface area contributed by atoms with Gasteiger partial charge in [0, 0.05) is 70.0 Å². The van der Waals surface area contributed by atoms with Crippen molar-refractivity contribution in [2.75, 3.05) is 60.0 Å². The lowest BCUT2D eigenvalue weighted by Gasteiger charge is -2.26. The fourth-order valence-corrected chi connectivity index (χ4v) is 8.20. The lowest BCUT2D eigenvalue weighted by molar-refractivity contribution is 0.0983. The maximum absolute atomic E-state index is 14.6. The van der Waals surface area contributed by atoms with Crippen LogP contribution in [-0.2, 0) is 19.5 Å². The van der Waals surface area contributed by atoms with Crippen LogP contribution >= 0.6 is 0 Å². The molecule has 62 heavy (non-hydrogen) atoms. The molecule has 0 saturated heterocycles. The Labute approximate surface area is 360 Å². The second-order valence-corrected chi connectivity index (χ2v) is 15.9. The molecule has 7 rings (SSSR count). The van der Waals surface area contributed by atoms with E-state index in [2.05, 4.69) is 5.10 Å². The third-order valence-electron chi connectivity index (χ3n) is 11.6. The molecule has 0 fully saturated rings. The highest BCUT2D eigenvalue weighted by Gasteiger charge is 2.38. The number of aryl methyl sites for hydroxylation is 4. The van der Waals surface area contributed by atoms with Crippen molar-refractivity contribution < 1.29 is 29.0 Å². The highest BCUT2D eigenvalue weighted by atomic mass is 16.5. The average molecular weight is 847 g/mol. The second-order valence-electron chi connectivity index (χ2n) is 15.9. The Morgan fingerprint density at radius 1 is 0.790 bits per heavy atom. The quantitative estimate of drug-likeness (QED) is 0.175. The topological polar surface area (TPSA) is 223 Å². The molecule has 2 aromatic carbocycles. The van der Waals surface area contributed by atoms with Crippen LogP contribution in [0, 0.1) is 13.8 Å². The number of aliphatic imine (C=N–C) groups is 2. The average Bonchev–Trinajstić information content (AvgIpc) is 3.93. The minimum absolute atomic E-state index is 0.102. The summed E-state index contributed by atoms with van der Waals surface area (Å²) in [6.07, 6.45) is 3.17. The summed E-state index contributed by atoms with van der Waals surface area (Å²) in [6, 6.07) is 10.1. The lowest BCUT2D eigenvalue weighted by atomic mass is 10.0. The number of hydrogen-bond acceptors (Lipinski definition) is 12. The number of carbonyl (C=O) groups is 4. The summed E-state index contributed by atoms with van der Waals surface area (Å²) in [5, 5.41) is 19.0. The molecule has 18 nitrogen and oxygen atoms in total. The van der Waals surface area contributed by atoms with E-state index in [9.17, 15) is 24.3 Å². The Kier molecular flexibility index (Phi) is 12.3. The number of fused-ring (bicyclic) bond motifs is 8. The molecule has 0 bridgehead atoms. The molecule has 0 unspecified atom stereocenters. The molecule has 5 N–H and O–H groups in total. The smallest absolute Gasteiger partial charge is 0.298 e. The van der Waals surface area contributed by atoms with E-state index < -0.39 is 23.6 Å². The number of hydrogen-bond donors (Lipinski definition) is 3. The number of aromatic nitrogens is 4. The molecular formula is C44H54N12O6. The highest BCUT2D eigenvalue weighted by Crippen LogP contribution is 2.46. The molecule has 0 aliphatic carbocycles. The standard InChI is InChI=1S/C44H54N12O6/c1-8-55-37-31(28(5)50-55)13-10-9-11-16-56-35(19-27(4)49-56)41(60)47-43-51(6)33-20-29(39(45)58)14-15-32(33)53(43)23-25(2)26(3)24-54-38-34(52(7)44(54)48-42(37)61)21-30(40(46)59)22-36(38)62-18-12-17-57/h14-15,19-22,57H,8-13,16-18,23-24H2,1-7H3,(H2,45,58)(H2,46,59)/b26-25+,47-43?,48-44?. The monoisotopic (exact) mass is 846 g/mol. The van der Waals surface area contributed by atoms with Crippen LogP contribution in [0.4, 0.5) is 22.7 Å². The van der Waals surface area contributed by atoms with E-state index in [1.54, 1.807) is 69.7 Å². The van der Waals surface area contributed by atoms with Crippen LogP contribution in [-0.4, -0.2) is 101 Å². The Balaban J connectivity index is 1.40. The Hall–Kier alpha value is -6.82. The van der Waals surface area contributed by atoms with Gasteiger partial charge in [0.15, 0.2) is 0 Å². The largest absolute Gasteiger partial charge is 0.491 e. The molecule has 0 spiro atoms. The Bertz CT molecular complexity index is 2570.